The first-order valence-electron chi connectivity index (χ1n) is 5.13. The summed E-state index contributed by atoms with van der Waals surface area (Å²) < 4.78 is 0.866. The van der Waals surface area contributed by atoms with E-state index >= 15 is 0 Å². The number of carboxylic acids is 1. The van der Waals surface area contributed by atoms with Crippen molar-refractivity contribution in [3.8, 4) is 0 Å². The number of halogens is 1. The molecule has 0 bridgehead atoms. The Bertz CT molecular complexity index is 611. The lowest BCUT2D eigenvalue weighted by Crippen LogP contribution is -1.94. The van der Waals surface area contributed by atoms with Gasteiger partial charge in [-0.25, -0.2) is 4.79 Å². The van der Waals surface area contributed by atoms with E-state index in [9.17, 15) is 4.79 Å². The standard InChI is InChI=1S/C13H9BrN2O2/c14-11-4-9(6-15-8-11)7-16-12-3-1-2-10(5-12)13(17)18/h1-8H,(H,17,18). The first kappa shape index (κ1) is 12.4. The molecule has 1 N–H and O–H groups in total. The number of benzene rings is 1. The smallest absolute Gasteiger partial charge is 0.335 e. The maximum absolute atomic E-state index is 10.8. The summed E-state index contributed by atoms with van der Waals surface area (Å²) >= 11 is 3.32. The lowest BCUT2D eigenvalue weighted by atomic mass is 10.2. The van der Waals surface area contributed by atoms with Gasteiger partial charge in [0.25, 0.3) is 0 Å². The Morgan fingerprint density at radius 1 is 1.33 bits per heavy atom. The van der Waals surface area contributed by atoms with Gasteiger partial charge in [-0.05, 0) is 40.2 Å². The van der Waals surface area contributed by atoms with Crippen LogP contribution in [0.2, 0.25) is 0 Å². The molecule has 1 aromatic heterocycles. The molecule has 0 fully saturated rings. The van der Waals surface area contributed by atoms with Crippen LogP contribution in [-0.4, -0.2) is 22.3 Å². The van der Waals surface area contributed by atoms with Crippen LogP contribution in [0.5, 0.6) is 0 Å². The van der Waals surface area contributed by atoms with Gasteiger partial charge in [-0.15, -0.1) is 0 Å². The summed E-state index contributed by atoms with van der Waals surface area (Å²) in [5.41, 5.74) is 1.65. The zero-order valence-electron chi connectivity index (χ0n) is 9.25. The van der Waals surface area contributed by atoms with Crippen LogP contribution in [0.3, 0.4) is 0 Å². The summed E-state index contributed by atoms with van der Waals surface area (Å²) in [5.74, 6) is -0.962. The number of aliphatic imine (C=N–C) groups is 1. The van der Waals surface area contributed by atoms with Gasteiger partial charge < -0.3 is 5.11 Å². The van der Waals surface area contributed by atoms with Crippen molar-refractivity contribution in [2.45, 2.75) is 0 Å². The molecule has 1 heterocycles. The van der Waals surface area contributed by atoms with Crippen molar-refractivity contribution in [1.82, 2.24) is 4.98 Å². The summed E-state index contributed by atoms with van der Waals surface area (Å²) in [6.07, 6.45) is 5.00. The average Bonchev–Trinajstić information content (AvgIpc) is 2.37. The molecular weight excluding hydrogens is 296 g/mol. The fourth-order valence-corrected chi connectivity index (χ4v) is 1.75. The van der Waals surface area contributed by atoms with E-state index in [1.165, 1.54) is 12.1 Å². The molecule has 0 aliphatic heterocycles. The second-order valence-electron chi connectivity index (χ2n) is 3.55. The van der Waals surface area contributed by atoms with E-state index < -0.39 is 5.97 Å². The highest BCUT2D eigenvalue weighted by molar-refractivity contribution is 9.10. The van der Waals surface area contributed by atoms with E-state index in [0.29, 0.717) is 5.69 Å². The summed E-state index contributed by atoms with van der Waals surface area (Å²) in [5, 5.41) is 8.86. The minimum atomic E-state index is -0.962. The second-order valence-corrected chi connectivity index (χ2v) is 4.47. The minimum absolute atomic E-state index is 0.219. The summed E-state index contributed by atoms with van der Waals surface area (Å²) in [6.45, 7) is 0. The molecule has 2 rings (SSSR count). The first-order valence-corrected chi connectivity index (χ1v) is 5.92. The number of pyridine rings is 1. The first-order chi connectivity index (χ1) is 8.65. The third-order valence-corrected chi connectivity index (χ3v) is 2.62. The number of carbonyl (C=O) groups is 1. The molecule has 90 valence electrons. The SMILES string of the molecule is O=C(O)c1cccc(N=Cc2cncc(Br)c2)c1. The van der Waals surface area contributed by atoms with Crippen LogP contribution in [-0.2, 0) is 0 Å². The molecule has 0 saturated carbocycles. The number of rotatable bonds is 3. The zero-order valence-corrected chi connectivity index (χ0v) is 10.8. The van der Waals surface area contributed by atoms with Crippen molar-refractivity contribution in [2.75, 3.05) is 0 Å². The molecule has 0 radical (unpaired) electrons. The third-order valence-electron chi connectivity index (χ3n) is 2.18. The Labute approximate surface area is 112 Å². The van der Waals surface area contributed by atoms with Gasteiger partial charge in [0.2, 0.25) is 0 Å². The highest BCUT2D eigenvalue weighted by Gasteiger charge is 2.01. The fraction of sp³-hybridized carbons (Fsp3) is 0. The highest BCUT2D eigenvalue weighted by atomic mass is 79.9. The van der Waals surface area contributed by atoms with Gasteiger partial charge in [-0.1, -0.05) is 6.07 Å². The van der Waals surface area contributed by atoms with E-state index in [1.54, 1.807) is 30.7 Å². The molecule has 18 heavy (non-hydrogen) atoms. The topological polar surface area (TPSA) is 62.5 Å². The lowest BCUT2D eigenvalue weighted by molar-refractivity contribution is 0.0697. The van der Waals surface area contributed by atoms with Crippen molar-refractivity contribution < 1.29 is 9.90 Å². The van der Waals surface area contributed by atoms with Crippen LogP contribution in [0.25, 0.3) is 0 Å². The number of nitrogens with zero attached hydrogens (tertiary/aromatic N) is 2. The molecular formula is C13H9BrN2O2. The molecule has 0 amide bonds. The van der Waals surface area contributed by atoms with E-state index in [2.05, 4.69) is 25.9 Å². The van der Waals surface area contributed by atoms with Crippen LogP contribution in [0.1, 0.15) is 15.9 Å². The van der Waals surface area contributed by atoms with Gasteiger partial charge >= 0.3 is 5.97 Å². The third kappa shape index (κ3) is 3.24. The van der Waals surface area contributed by atoms with Crippen LogP contribution in [0, 0.1) is 0 Å². The lowest BCUT2D eigenvalue weighted by Gasteiger charge is -1.97. The number of aromatic carboxylic acids is 1. The predicted molar refractivity (Wildman–Crippen MR) is 72.6 cm³/mol. The van der Waals surface area contributed by atoms with Crippen molar-refractivity contribution in [3.05, 3.63) is 58.3 Å². The van der Waals surface area contributed by atoms with Crippen molar-refractivity contribution in [1.29, 1.82) is 0 Å². The quantitative estimate of drug-likeness (QED) is 0.885. The summed E-state index contributed by atoms with van der Waals surface area (Å²) in [6, 6.07) is 8.33. The highest BCUT2D eigenvalue weighted by Crippen LogP contribution is 2.15. The Kier molecular flexibility index (Phi) is 3.84. The molecule has 1 aromatic carbocycles. The zero-order chi connectivity index (χ0) is 13.0. The van der Waals surface area contributed by atoms with Gasteiger partial charge in [0.05, 0.1) is 11.3 Å². The van der Waals surface area contributed by atoms with Gasteiger partial charge in [0.15, 0.2) is 0 Å². The maximum Gasteiger partial charge on any atom is 0.335 e. The van der Waals surface area contributed by atoms with Gasteiger partial charge in [-0.2, -0.15) is 0 Å². The number of hydrogen-bond donors (Lipinski definition) is 1. The largest absolute Gasteiger partial charge is 0.478 e. The summed E-state index contributed by atoms with van der Waals surface area (Å²) in [4.78, 5) is 19.0. The molecule has 0 aliphatic carbocycles. The molecule has 2 aromatic rings. The van der Waals surface area contributed by atoms with Crippen LogP contribution < -0.4 is 0 Å². The van der Waals surface area contributed by atoms with E-state index in [1.807, 2.05) is 6.07 Å². The van der Waals surface area contributed by atoms with Crippen molar-refractivity contribution in [3.63, 3.8) is 0 Å². The summed E-state index contributed by atoms with van der Waals surface area (Å²) in [7, 11) is 0. The Hall–Kier alpha value is -2.01. The van der Waals surface area contributed by atoms with Gasteiger partial charge in [0, 0.05) is 28.6 Å². The monoisotopic (exact) mass is 304 g/mol. The maximum atomic E-state index is 10.8. The van der Waals surface area contributed by atoms with E-state index in [-0.39, 0.29) is 5.56 Å². The van der Waals surface area contributed by atoms with Gasteiger partial charge in [0.1, 0.15) is 0 Å². The van der Waals surface area contributed by atoms with Crippen molar-refractivity contribution >= 4 is 33.8 Å². The van der Waals surface area contributed by atoms with Crippen LogP contribution in [0.15, 0.2) is 52.2 Å². The Morgan fingerprint density at radius 2 is 2.17 bits per heavy atom. The molecule has 0 saturated heterocycles. The molecule has 0 atom stereocenters. The normalized spacial score (nSPS) is 10.7. The number of hydrogen-bond acceptors (Lipinski definition) is 3. The van der Waals surface area contributed by atoms with Crippen LogP contribution >= 0.6 is 15.9 Å². The molecule has 4 nitrogen and oxygen atoms in total. The fourth-order valence-electron chi connectivity index (χ4n) is 1.37. The number of carboxylic acid groups (broad SMARTS) is 1. The molecule has 5 heteroatoms. The second kappa shape index (κ2) is 5.55. The minimum Gasteiger partial charge on any atom is -0.478 e. The predicted octanol–water partition coefficient (Wildman–Crippen LogP) is 3.29. The van der Waals surface area contributed by atoms with E-state index in [4.69, 9.17) is 5.11 Å². The molecule has 0 aliphatic rings. The Balaban J connectivity index is 2.23. The van der Waals surface area contributed by atoms with Crippen molar-refractivity contribution in [2.24, 2.45) is 4.99 Å². The molecule has 0 spiro atoms. The van der Waals surface area contributed by atoms with Gasteiger partial charge in [-0.3, -0.25) is 9.98 Å². The van der Waals surface area contributed by atoms with Crippen LogP contribution in [0.4, 0.5) is 5.69 Å². The van der Waals surface area contributed by atoms with E-state index in [0.717, 1.165) is 10.0 Å². The molecule has 0 unspecified atom stereocenters. The average molecular weight is 305 g/mol. The Morgan fingerprint density at radius 3 is 2.89 bits per heavy atom. The number of aromatic nitrogens is 1.